The van der Waals surface area contributed by atoms with Crippen molar-refractivity contribution >= 4 is 5.91 Å². The van der Waals surface area contributed by atoms with Crippen LogP contribution in [0.1, 0.15) is 43.2 Å². The van der Waals surface area contributed by atoms with Crippen LogP contribution in [0.3, 0.4) is 0 Å². The van der Waals surface area contributed by atoms with E-state index in [-0.39, 0.29) is 12.3 Å². The summed E-state index contributed by atoms with van der Waals surface area (Å²) in [6, 6.07) is 12.2. The number of piperazine rings is 1. The number of carbonyl (C=O) groups excluding carboxylic acids is 1. The quantitative estimate of drug-likeness (QED) is 0.619. The number of aliphatic hydroxyl groups is 1. The SMILES string of the molecule is NC(Cc1cc(F)cc(F)c1)[C@H](O)[C@H]1CN(Cc2ccccc2)CCN1C(=O)CC1CCCC1. The minimum atomic E-state index is -1.02. The molecule has 4 rings (SSSR count). The number of nitrogens with zero attached hydrogens (tertiary/aromatic N) is 2. The smallest absolute Gasteiger partial charge is 0.223 e. The average Bonchev–Trinajstić information content (AvgIpc) is 3.31. The molecule has 0 spiro atoms. The molecule has 7 heteroatoms. The Balaban J connectivity index is 1.48. The summed E-state index contributed by atoms with van der Waals surface area (Å²) in [4.78, 5) is 17.3. The van der Waals surface area contributed by atoms with E-state index >= 15 is 0 Å². The van der Waals surface area contributed by atoms with Gasteiger partial charge < -0.3 is 15.7 Å². The minimum absolute atomic E-state index is 0.0688. The Morgan fingerprint density at radius 2 is 1.71 bits per heavy atom. The van der Waals surface area contributed by atoms with Crippen LogP contribution in [0.5, 0.6) is 0 Å². The summed E-state index contributed by atoms with van der Waals surface area (Å²) in [6.45, 7) is 2.47. The van der Waals surface area contributed by atoms with Gasteiger partial charge in [0.2, 0.25) is 5.91 Å². The van der Waals surface area contributed by atoms with Gasteiger partial charge in [-0.3, -0.25) is 9.69 Å². The van der Waals surface area contributed by atoms with Gasteiger partial charge in [-0.2, -0.15) is 0 Å². The second kappa shape index (κ2) is 11.4. The highest BCUT2D eigenvalue weighted by molar-refractivity contribution is 5.77. The van der Waals surface area contributed by atoms with Crippen LogP contribution >= 0.6 is 0 Å². The lowest BCUT2D eigenvalue weighted by Crippen LogP contribution is -2.62. The molecule has 1 aliphatic heterocycles. The maximum Gasteiger partial charge on any atom is 0.223 e. The number of nitrogens with two attached hydrogens (primary N) is 1. The van der Waals surface area contributed by atoms with E-state index < -0.39 is 29.8 Å². The molecule has 2 aliphatic rings. The number of benzene rings is 2. The predicted molar refractivity (Wildman–Crippen MR) is 128 cm³/mol. The predicted octanol–water partition coefficient (Wildman–Crippen LogP) is 3.49. The molecule has 0 radical (unpaired) electrons. The summed E-state index contributed by atoms with van der Waals surface area (Å²) in [5.41, 5.74) is 7.91. The summed E-state index contributed by atoms with van der Waals surface area (Å²) in [5.74, 6) is -0.857. The standard InChI is InChI=1S/C27H35F2N3O2/c28-22-12-21(13-23(29)16-22)14-24(30)27(34)25-18-31(17-20-8-2-1-3-9-20)10-11-32(25)26(33)15-19-6-4-5-7-19/h1-3,8-9,12-13,16,19,24-25,27,34H,4-7,10-11,14-15,17-18,30H2/t24?,25-,27+/m1/s1. The zero-order valence-electron chi connectivity index (χ0n) is 19.6. The van der Waals surface area contributed by atoms with E-state index in [1.54, 1.807) is 4.90 Å². The third kappa shape index (κ3) is 6.40. The number of halogens is 2. The van der Waals surface area contributed by atoms with Crippen molar-refractivity contribution in [2.45, 2.75) is 63.3 Å². The van der Waals surface area contributed by atoms with Crippen molar-refractivity contribution in [3.05, 3.63) is 71.3 Å². The Kier molecular flexibility index (Phi) is 8.29. The summed E-state index contributed by atoms with van der Waals surface area (Å²) in [7, 11) is 0. The molecule has 1 amide bonds. The van der Waals surface area contributed by atoms with E-state index in [0.717, 1.165) is 32.0 Å². The fraction of sp³-hybridized carbons (Fsp3) is 0.519. The molecule has 2 fully saturated rings. The first-order valence-electron chi connectivity index (χ1n) is 12.3. The zero-order chi connectivity index (χ0) is 24.1. The highest BCUT2D eigenvalue weighted by Crippen LogP contribution is 2.29. The van der Waals surface area contributed by atoms with Crippen molar-refractivity contribution in [2.24, 2.45) is 11.7 Å². The molecule has 3 N–H and O–H groups in total. The number of rotatable bonds is 8. The van der Waals surface area contributed by atoms with Gasteiger partial charge in [0.05, 0.1) is 12.1 Å². The fourth-order valence-electron chi connectivity index (χ4n) is 5.44. The van der Waals surface area contributed by atoms with Gasteiger partial charge >= 0.3 is 0 Å². The molecule has 1 saturated carbocycles. The summed E-state index contributed by atoms with van der Waals surface area (Å²) in [6.07, 6.45) is 4.11. The monoisotopic (exact) mass is 471 g/mol. The van der Waals surface area contributed by atoms with E-state index in [2.05, 4.69) is 17.0 Å². The Labute approximate surface area is 200 Å². The van der Waals surface area contributed by atoms with Gasteiger partial charge in [0.1, 0.15) is 11.6 Å². The highest BCUT2D eigenvalue weighted by Gasteiger charge is 2.38. The Bertz CT molecular complexity index is 932. The van der Waals surface area contributed by atoms with Crippen molar-refractivity contribution < 1.29 is 18.7 Å². The van der Waals surface area contributed by atoms with E-state index in [1.807, 2.05) is 18.2 Å². The number of aliphatic hydroxyl groups excluding tert-OH is 1. The molecule has 34 heavy (non-hydrogen) atoms. The molecule has 0 bridgehead atoms. The Morgan fingerprint density at radius 1 is 1.03 bits per heavy atom. The van der Waals surface area contributed by atoms with Crippen molar-refractivity contribution in [1.82, 2.24) is 9.80 Å². The normalized spacial score (nSPS) is 21.5. The maximum atomic E-state index is 13.7. The van der Waals surface area contributed by atoms with Crippen molar-refractivity contribution in [1.29, 1.82) is 0 Å². The van der Waals surface area contributed by atoms with E-state index in [4.69, 9.17) is 5.73 Å². The molecule has 0 aromatic heterocycles. The molecule has 3 atom stereocenters. The first kappa shape index (κ1) is 24.8. The lowest BCUT2D eigenvalue weighted by Gasteiger charge is -2.45. The van der Waals surface area contributed by atoms with Gasteiger partial charge in [0.25, 0.3) is 0 Å². The van der Waals surface area contributed by atoms with Gasteiger partial charge in [-0.15, -0.1) is 0 Å². The van der Waals surface area contributed by atoms with Crippen LogP contribution in [0.25, 0.3) is 0 Å². The van der Waals surface area contributed by atoms with Crippen LogP contribution < -0.4 is 5.73 Å². The number of hydrogen-bond acceptors (Lipinski definition) is 4. The van der Waals surface area contributed by atoms with Gasteiger partial charge in [0.15, 0.2) is 0 Å². The Morgan fingerprint density at radius 3 is 2.38 bits per heavy atom. The second-order valence-electron chi connectivity index (χ2n) is 9.87. The number of amides is 1. The van der Waals surface area contributed by atoms with Crippen LogP contribution in [0, 0.1) is 17.6 Å². The number of hydrogen-bond donors (Lipinski definition) is 2. The summed E-state index contributed by atoms with van der Waals surface area (Å²) >= 11 is 0. The third-order valence-corrected chi connectivity index (χ3v) is 7.24. The van der Waals surface area contributed by atoms with Crippen molar-refractivity contribution in [3.8, 4) is 0 Å². The van der Waals surface area contributed by atoms with Gasteiger partial charge in [-0.1, -0.05) is 43.2 Å². The van der Waals surface area contributed by atoms with Crippen LogP contribution in [-0.2, 0) is 17.8 Å². The van der Waals surface area contributed by atoms with Crippen LogP contribution in [0.4, 0.5) is 8.78 Å². The van der Waals surface area contributed by atoms with Gasteiger partial charge in [0, 0.05) is 44.7 Å². The maximum absolute atomic E-state index is 13.7. The highest BCUT2D eigenvalue weighted by atomic mass is 19.1. The fourth-order valence-corrected chi connectivity index (χ4v) is 5.44. The van der Waals surface area contributed by atoms with Gasteiger partial charge in [-0.25, -0.2) is 8.78 Å². The molecular formula is C27H35F2N3O2. The first-order valence-corrected chi connectivity index (χ1v) is 12.3. The summed E-state index contributed by atoms with van der Waals surface area (Å²) < 4.78 is 27.3. The molecule has 2 aromatic carbocycles. The van der Waals surface area contributed by atoms with Crippen molar-refractivity contribution in [3.63, 3.8) is 0 Å². The van der Waals surface area contributed by atoms with Crippen molar-refractivity contribution in [2.75, 3.05) is 19.6 Å². The molecule has 1 unspecified atom stereocenters. The lowest BCUT2D eigenvalue weighted by molar-refractivity contribution is -0.141. The number of carbonyl (C=O) groups is 1. The second-order valence-corrected chi connectivity index (χ2v) is 9.87. The molecule has 1 saturated heterocycles. The van der Waals surface area contributed by atoms with E-state index in [1.165, 1.54) is 30.5 Å². The average molecular weight is 472 g/mol. The third-order valence-electron chi connectivity index (χ3n) is 7.24. The topological polar surface area (TPSA) is 69.8 Å². The summed E-state index contributed by atoms with van der Waals surface area (Å²) in [5, 5.41) is 11.3. The molecular weight excluding hydrogens is 436 g/mol. The molecule has 184 valence electrons. The van der Waals surface area contributed by atoms with Crippen LogP contribution in [0.15, 0.2) is 48.5 Å². The van der Waals surface area contributed by atoms with E-state index in [9.17, 15) is 18.7 Å². The van der Waals surface area contributed by atoms with Crippen LogP contribution in [0.2, 0.25) is 0 Å². The largest absolute Gasteiger partial charge is 0.389 e. The van der Waals surface area contributed by atoms with E-state index in [0.29, 0.717) is 31.0 Å². The molecule has 2 aromatic rings. The molecule has 1 aliphatic carbocycles. The van der Waals surface area contributed by atoms with Crippen LogP contribution in [-0.4, -0.2) is 58.6 Å². The minimum Gasteiger partial charge on any atom is -0.389 e. The molecule has 5 nitrogen and oxygen atoms in total. The van der Waals surface area contributed by atoms with Gasteiger partial charge in [-0.05, 0) is 48.4 Å². The zero-order valence-corrected chi connectivity index (χ0v) is 19.6. The lowest BCUT2D eigenvalue weighted by atomic mass is 9.93. The molecule has 1 heterocycles. The Hall–Kier alpha value is -2.35. The first-order chi connectivity index (χ1) is 16.4.